The molecule has 0 aliphatic heterocycles. The Morgan fingerprint density at radius 1 is 0.373 bits per heavy atom. The van der Waals surface area contributed by atoms with Crippen LogP contribution in [0.15, 0.2) is 139 Å². The molecule has 406 valence electrons. The molecule has 5 rings (SSSR count). The van der Waals surface area contributed by atoms with Crippen LogP contribution in [-0.4, -0.2) is 0 Å². The third-order valence-corrected chi connectivity index (χ3v) is 16.8. The molecule has 0 aromatic heterocycles. The van der Waals surface area contributed by atoms with E-state index in [4.69, 9.17) is 18.1 Å². The summed E-state index contributed by atoms with van der Waals surface area (Å²) in [5.41, 5.74) is 11.6. The van der Waals surface area contributed by atoms with Gasteiger partial charge >= 0.3 is 16.8 Å². The van der Waals surface area contributed by atoms with Gasteiger partial charge < -0.3 is 18.1 Å². The van der Waals surface area contributed by atoms with E-state index in [1.165, 1.54) is 27.8 Å². The van der Waals surface area contributed by atoms with E-state index in [-0.39, 0.29) is 43.3 Å². The zero-order valence-electron chi connectivity index (χ0n) is 51.2. The molecule has 0 spiro atoms. The van der Waals surface area contributed by atoms with Crippen LogP contribution in [0.3, 0.4) is 0 Å². The Kier molecular flexibility index (Phi) is 18.6. The molecular formula is C69H96O4P2. The van der Waals surface area contributed by atoms with Crippen LogP contribution < -0.4 is 24.2 Å². The lowest BCUT2D eigenvalue weighted by molar-refractivity contribution is 0.443. The molecule has 0 amide bonds. The fourth-order valence-electron chi connectivity index (χ4n) is 8.26. The molecular weight excluding hydrogens is 955 g/mol. The molecule has 0 bridgehead atoms. The highest BCUT2D eigenvalue weighted by molar-refractivity contribution is 7.57. The fourth-order valence-corrected chi connectivity index (χ4v) is 10.8. The second-order valence-electron chi connectivity index (χ2n) is 28.9. The van der Waals surface area contributed by atoms with E-state index in [2.05, 4.69) is 288 Å². The van der Waals surface area contributed by atoms with Crippen LogP contribution in [-0.2, 0) is 37.0 Å². The summed E-state index contributed by atoms with van der Waals surface area (Å²) in [7, 11) is -3.20. The molecule has 1 unspecified atom stereocenters. The van der Waals surface area contributed by atoms with E-state index in [0.29, 0.717) is 0 Å². The van der Waals surface area contributed by atoms with Gasteiger partial charge in [0.05, 0.1) is 16.9 Å². The van der Waals surface area contributed by atoms with Crippen LogP contribution in [0.2, 0.25) is 0 Å². The van der Waals surface area contributed by atoms with Gasteiger partial charge in [0.2, 0.25) is 0 Å². The van der Waals surface area contributed by atoms with Crippen molar-refractivity contribution < 1.29 is 18.1 Å². The van der Waals surface area contributed by atoms with Crippen molar-refractivity contribution in [2.24, 2.45) is 10.8 Å². The second kappa shape index (κ2) is 22.8. The van der Waals surface area contributed by atoms with Gasteiger partial charge in [-0.3, -0.25) is 0 Å². The molecule has 0 heterocycles. The van der Waals surface area contributed by atoms with Gasteiger partial charge in [0, 0.05) is 16.7 Å². The Labute approximate surface area is 460 Å². The lowest BCUT2D eigenvalue weighted by atomic mass is 9.80. The first-order valence-electron chi connectivity index (χ1n) is 27.2. The Morgan fingerprint density at radius 2 is 0.693 bits per heavy atom. The molecule has 0 saturated carbocycles. The molecule has 75 heavy (non-hydrogen) atoms. The van der Waals surface area contributed by atoms with Crippen LogP contribution in [0.25, 0.3) is 11.1 Å². The SMILES string of the molecule is C\C(=C/C(=C\C=C\OP(Oc1ccc(C(C)(C)C)cc1C(C)(C)C)c1ccc(-c2ccc(P(Oc3ccc(C(C)(C)C)cc3C(C)(C)C)Oc3ccc(C(C)(C)C)cc3C(C)(C)C)cc2)cc1)C(C)(C)C)C(C)(C)C. The maximum absolute atomic E-state index is 7.19. The summed E-state index contributed by atoms with van der Waals surface area (Å²) in [5, 5.41) is 1.96. The fraction of sp³-hybridized carbons (Fsp3) is 0.478. The van der Waals surface area contributed by atoms with Gasteiger partial charge in [0.1, 0.15) is 17.2 Å². The minimum atomic E-state index is -1.62. The Morgan fingerprint density at radius 3 is 0.987 bits per heavy atom. The van der Waals surface area contributed by atoms with E-state index in [9.17, 15) is 0 Å². The van der Waals surface area contributed by atoms with E-state index < -0.39 is 16.8 Å². The lowest BCUT2D eigenvalue weighted by Gasteiger charge is -2.30. The van der Waals surface area contributed by atoms with Gasteiger partial charge in [0.15, 0.2) is 0 Å². The van der Waals surface area contributed by atoms with Gasteiger partial charge in [0.25, 0.3) is 0 Å². The highest BCUT2D eigenvalue weighted by Gasteiger charge is 2.31. The van der Waals surface area contributed by atoms with Crippen molar-refractivity contribution >= 4 is 27.4 Å². The first-order valence-corrected chi connectivity index (χ1v) is 29.5. The molecule has 0 saturated heterocycles. The maximum Gasteiger partial charge on any atom is 0.326 e. The van der Waals surface area contributed by atoms with E-state index in [1.807, 2.05) is 6.08 Å². The van der Waals surface area contributed by atoms with Gasteiger partial charge in [-0.25, -0.2) is 0 Å². The molecule has 6 heteroatoms. The summed E-state index contributed by atoms with van der Waals surface area (Å²) in [5.74, 6) is 2.53. The molecule has 0 aliphatic carbocycles. The van der Waals surface area contributed by atoms with E-state index in [0.717, 1.165) is 55.7 Å². The molecule has 4 nitrogen and oxygen atoms in total. The first kappa shape index (κ1) is 61.2. The highest BCUT2D eigenvalue weighted by Crippen LogP contribution is 2.49. The molecule has 5 aromatic rings. The molecule has 0 radical (unpaired) electrons. The third-order valence-electron chi connectivity index (χ3n) is 13.9. The number of benzene rings is 5. The maximum atomic E-state index is 7.19. The van der Waals surface area contributed by atoms with Crippen molar-refractivity contribution in [2.75, 3.05) is 0 Å². The quantitative estimate of drug-likeness (QED) is 0.0669. The van der Waals surface area contributed by atoms with E-state index in [1.54, 1.807) is 6.26 Å². The average Bonchev–Trinajstić information content (AvgIpc) is 3.27. The monoisotopic (exact) mass is 1050 g/mol. The summed E-state index contributed by atoms with van der Waals surface area (Å²) in [6, 6.07) is 37.4. The van der Waals surface area contributed by atoms with Crippen molar-refractivity contribution in [3.05, 3.63) is 172 Å². The predicted octanol–water partition coefficient (Wildman–Crippen LogP) is 20.7. The summed E-state index contributed by atoms with van der Waals surface area (Å²) < 4.78 is 28.1. The first-order chi connectivity index (χ1) is 34.1. The largest absolute Gasteiger partial charge is 0.443 e. The predicted molar refractivity (Wildman–Crippen MR) is 329 cm³/mol. The van der Waals surface area contributed by atoms with Crippen LogP contribution in [0.5, 0.6) is 17.2 Å². The second-order valence-corrected chi connectivity index (χ2v) is 31.7. The van der Waals surface area contributed by atoms with Crippen molar-refractivity contribution in [1.82, 2.24) is 0 Å². The molecule has 1 atom stereocenters. The molecule has 0 fully saturated rings. The standard InChI is InChI=1S/C69H96O4P2/c1-47(62(2,3)4)43-50(63(5,6)7)27-26-42-70-74(71-59-39-32-51(64(8,9)10)44-56(59)67(17,18)19)54-35-28-48(29-36-54)49-30-37-55(38-31-49)75(72-60-40-33-52(65(11,12)13)45-57(60)68(20,21)22)73-61-41-34-53(66(14,15)16)46-58(61)69(23,24)25/h26-46H,1-25H3/b42-26+,47-43+,50-27+. The minimum absolute atomic E-state index is 0.00227. The number of hydrogen-bond acceptors (Lipinski definition) is 4. The lowest BCUT2D eigenvalue weighted by Crippen LogP contribution is -2.20. The number of hydrogen-bond donors (Lipinski definition) is 0. The Bertz CT molecular complexity index is 2740. The van der Waals surface area contributed by atoms with Gasteiger partial charge in [-0.05, 0) is 132 Å². The van der Waals surface area contributed by atoms with Crippen molar-refractivity contribution in [2.45, 2.75) is 206 Å². The number of allylic oxidation sites excluding steroid dienone is 5. The zero-order valence-corrected chi connectivity index (χ0v) is 52.9. The topological polar surface area (TPSA) is 36.9 Å². The Balaban J connectivity index is 1.57. The summed E-state index contributed by atoms with van der Waals surface area (Å²) in [6.07, 6.45) is 8.33. The van der Waals surface area contributed by atoms with Crippen LogP contribution in [0.1, 0.15) is 206 Å². The average molecular weight is 1050 g/mol. The van der Waals surface area contributed by atoms with Gasteiger partial charge in [-0.15, -0.1) is 0 Å². The summed E-state index contributed by atoms with van der Waals surface area (Å²) in [6.45, 7) is 56.4. The third kappa shape index (κ3) is 16.7. The van der Waals surface area contributed by atoms with Crippen molar-refractivity contribution in [3.8, 4) is 28.4 Å². The van der Waals surface area contributed by atoms with E-state index >= 15 is 0 Å². The zero-order chi connectivity index (χ0) is 56.5. The molecule has 0 aliphatic rings. The highest BCUT2D eigenvalue weighted by atomic mass is 31.2. The van der Waals surface area contributed by atoms with Crippen LogP contribution in [0.4, 0.5) is 0 Å². The summed E-state index contributed by atoms with van der Waals surface area (Å²) in [4.78, 5) is 0. The minimum Gasteiger partial charge on any atom is -0.443 e. The van der Waals surface area contributed by atoms with Gasteiger partial charge in [-0.2, -0.15) is 0 Å². The van der Waals surface area contributed by atoms with Crippen LogP contribution in [0, 0.1) is 10.8 Å². The van der Waals surface area contributed by atoms with Crippen LogP contribution >= 0.6 is 16.8 Å². The number of rotatable bonds is 13. The molecule has 0 N–H and O–H groups in total. The smallest absolute Gasteiger partial charge is 0.326 e. The summed E-state index contributed by atoms with van der Waals surface area (Å²) >= 11 is 0. The molecule has 5 aromatic carbocycles. The Hall–Kier alpha value is -4.62. The van der Waals surface area contributed by atoms with Gasteiger partial charge in [-0.1, -0.05) is 245 Å². The normalized spacial score (nSPS) is 14.4. The van der Waals surface area contributed by atoms with Crippen molar-refractivity contribution in [1.29, 1.82) is 0 Å². The van der Waals surface area contributed by atoms with Crippen molar-refractivity contribution in [3.63, 3.8) is 0 Å².